The summed E-state index contributed by atoms with van der Waals surface area (Å²) in [5, 5.41) is 4.42. The maximum Gasteiger partial charge on any atom is 0.227 e. The summed E-state index contributed by atoms with van der Waals surface area (Å²) in [5.74, 6) is 1.55. The van der Waals surface area contributed by atoms with Crippen LogP contribution >= 0.6 is 0 Å². The second kappa shape index (κ2) is 10.5. The number of nitrogens with zero attached hydrogens (tertiary/aromatic N) is 6. The smallest absolute Gasteiger partial charge is 0.227 e. The van der Waals surface area contributed by atoms with Gasteiger partial charge in [0.05, 0.1) is 0 Å². The molecular formula is C26H35N7O. The number of piperazine rings is 1. The molecule has 0 spiro atoms. The zero-order valence-corrected chi connectivity index (χ0v) is 20.3. The Morgan fingerprint density at radius 2 is 1.62 bits per heavy atom. The third kappa shape index (κ3) is 5.39. The molecule has 34 heavy (non-hydrogen) atoms. The molecule has 2 aromatic heterocycles. The molecule has 0 amide bonds. The van der Waals surface area contributed by atoms with Crippen LogP contribution in [0.25, 0.3) is 10.9 Å². The Kier molecular flexibility index (Phi) is 7.06. The molecule has 0 atom stereocenters. The van der Waals surface area contributed by atoms with Crippen LogP contribution in [-0.2, 0) is 4.74 Å². The monoisotopic (exact) mass is 461 g/mol. The summed E-state index contributed by atoms with van der Waals surface area (Å²) in [6.07, 6.45) is 5.06. The van der Waals surface area contributed by atoms with Crippen molar-refractivity contribution in [3.05, 3.63) is 42.2 Å². The lowest BCUT2D eigenvalue weighted by molar-refractivity contribution is 0.133. The van der Waals surface area contributed by atoms with E-state index in [1.807, 2.05) is 13.1 Å². The van der Waals surface area contributed by atoms with Crippen LogP contribution in [0.2, 0.25) is 0 Å². The molecule has 0 bridgehead atoms. The molecule has 5 rings (SSSR count). The highest BCUT2D eigenvalue weighted by Gasteiger charge is 2.17. The zero-order valence-electron chi connectivity index (χ0n) is 20.3. The van der Waals surface area contributed by atoms with Gasteiger partial charge in [0, 0.05) is 81.1 Å². The topological polar surface area (TPSA) is 69.7 Å². The predicted octanol–water partition coefficient (Wildman–Crippen LogP) is 3.84. The van der Waals surface area contributed by atoms with E-state index in [4.69, 9.17) is 14.7 Å². The highest BCUT2D eigenvalue weighted by molar-refractivity contribution is 5.89. The van der Waals surface area contributed by atoms with Crippen LogP contribution in [0, 0.1) is 6.92 Å². The molecule has 2 aliphatic rings. The molecule has 2 fully saturated rings. The number of likely N-dealkylation sites (N-methyl/N-ethyl adjacent to an activating group) is 1. The molecule has 4 heterocycles. The molecule has 0 saturated carbocycles. The van der Waals surface area contributed by atoms with Crippen LogP contribution in [0.1, 0.15) is 25.0 Å². The second-order valence-electron chi connectivity index (χ2n) is 9.34. The lowest BCUT2D eigenvalue weighted by atomic mass is 10.2. The fourth-order valence-electron chi connectivity index (χ4n) is 4.67. The molecule has 3 aromatic rings. The Morgan fingerprint density at radius 3 is 2.44 bits per heavy atom. The molecule has 8 nitrogen and oxygen atoms in total. The van der Waals surface area contributed by atoms with Gasteiger partial charge < -0.3 is 24.8 Å². The standard InChI is InChI=1S/C26H35N7O/c1-20-18-21-19-27-26(29-22-6-8-23(9-7-22)32-14-12-31(2)13-15-32)30-24(21)25(28-20)33-10-3-4-16-34-17-5-11-33/h6-9,18-19H,3-5,10-17H2,1-2H3,(H,27,29,30). The number of aromatic nitrogens is 3. The van der Waals surface area contributed by atoms with E-state index >= 15 is 0 Å². The lowest BCUT2D eigenvalue weighted by Crippen LogP contribution is -2.44. The Hall–Kier alpha value is -2.97. The second-order valence-corrected chi connectivity index (χ2v) is 9.34. The zero-order chi connectivity index (χ0) is 23.3. The van der Waals surface area contributed by atoms with Gasteiger partial charge in [-0.3, -0.25) is 0 Å². The molecule has 0 aliphatic carbocycles. The van der Waals surface area contributed by atoms with Crippen molar-refractivity contribution in [1.29, 1.82) is 0 Å². The van der Waals surface area contributed by atoms with Gasteiger partial charge in [-0.15, -0.1) is 0 Å². The summed E-state index contributed by atoms with van der Waals surface area (Å²) < 4.78 is 5.70. The van der Waals surface area contributed by atoms with Gasteiger partial charge in [0.1, 0.15) is 5.52 Å². The van der Waals surface area contributed by atoms with Crippen LogP contribution in [0.3, 0.4) is 0 Å². The van der Waals surface area contributed by atoms with E-state index in [0.717, 1.165) is 99.8 Å². The molecule has 1 aromatic carbocycles. The minimum absolute atomic E-state index is 0.597. The summed E-state index contributed by atoms with van der Waals surface area (Å²) in [7, 11) is 2.18. The molecular weight excluding hydrogens is 426 g/mol. The van der Waals surface area contributed by atoms with E-state index in [2.05, 4.69) is 62.4 Å². The van der Waals surface area contributed by atoms with Crippen LogP contribution in [0.15, 0.2) is 36.5 Å². The van der Waals surface area contributed by atoms with Crippen molar-refractivity contribution in [1.82, 2.24) is 19.9 Å². The van der Waals surface area contributed by atoms with Gasteiger partial charge in [-0.1, -0.05) is 0 Å². The first kappa shape index (κ1) is 22.8. The first-order chi connectivity index (χ1) is 16.7. The molecule has 0 unspecified atom stereocenters. The van der Waals surface area contributed by atoms with Crippen molar-refractivity contribution in [3.63, 3.8) is 0 Å². The number of benzene rings is 1. The average Bonchev–Trinajstić information content (AvgIpc) is 2.99. The van der Waals surface area contributed by atoms with Crippen LogP contribution in [-0.4, -0.2) is 79.4 Å². The number of nitrogens with one attached hydrogen (secondary N) is 1. The van der Waals surface area contributed by atoms with Crippen LogP contribution in [0.5, 0.6) is 0 Å². The molecule has 180 valence electrons. The third-order valence-electron chi connectivity index (χ3n) is 6.65. The number of rotatable bonds is 4. The third-order valence-corrected chi connectivity index (χ3v) is 6.65. The first-order valence-electron chi connectivity index (χ1n) is 12.4. The molecule has 2 saturated heterocycles. The van der Waals surface area contributed by atoms with Gasteiger partial charge in [-0.25, -0.2) is 15.0 Å². The quantitative estimate of drug-likeness (QED) is 0.629. The maximum absolute atomic E-state index is 5.70. The number of hydrogen-bond acceptors (Lipinski definition) is 8. The normalized spacial score (nSPS) is 18.4. The van der Waals surface area contributed by atoms with Gasteiger partial charge in [0.25, 0.3) is 0 Å². The number of ether oxygens (including phenoxy) is 1. The molecule has 8 heteroatoms. The highest BCUT2D eigenvalue weighted by Crippen LogP contribution is 2.27. The summed E-state index contributed by atoms with van der Waals surface area (Å²) in [6, 6.07) is 10.6. The average molecular weight is 462 g/mol. The number of aryl methyl sites for hydroxylation is 1. The minimum Gasteiger partial charge on any atom is -0.381 e. The summed E-state index contributed by atoms with van der Waals surface area (Å²) in [5.41, 5.74) is 4.13. The minimum atomic E-state index is 0.597. The van der Waals surface area contributed by atoms with Gasteiger partial charge in [-0.05, 0) is 63.6 Å². The Morgan fingerprint density at radius 1 is 0.853 bits per heavy atom. The molecule has 0 radical (unpaired) electrons. The van der Waals surface area contributed by atoms with Crippen molar-refractivity contribution < 1.29 is 4.74 Å². The Bertz CT molecular complexity index is 1090. The van der Waals surface area contributed by atoms with Gasteiger partial charge in [0.15, 0.2) is 5.82 Å². The van der Waals surface area contributed by atoms with E-state index < -0.39 is 0 Å². The number of pyridine rings is 1. The van der Waals surface area contributed by atoms with E-state index in [-0.39, 0.29) is 0 Å². The SMILES string of the molecule is Cc1cc2cnc(Nc3ccc(N4CCN(C)CC4)cc3)nc2c(N2CCCCOCCC2)n1. The van der Waals surface area contributed by atoms with Crippen molar-refractivity contribution in [3.8, 4) is 0 Å². The summed E-state index contributed by atoms with van der Waals surface area (Å²) in [4.78, 5) is 21.6. The highest BCUT2D eigenvalue weighted by atomic mass is 16.5. The molecule has 2 aliphatic heterocycles. The summed E-state index contributed by atoms with van der Waals surface area (Å²) >= 11 is 0. The van der Waals surface area contributed by atoms with E-state index in [1.54, 1.807) is 0 Å². The number of anilines is 4. The van der Waals surface area contributed by atoms with Crippen molar-refractivity contribution >= 4 is 34.0 Å². The fraction of sp³-hybridized carbons (Fsp3) is 0.500. The van der Waals surface area contributed by atoms with Crippen molar-refractivity contribution in [2.75, 3.05) is 74.6 Å². The molecule has 1 N–H and O–H groups in total. The summed E-state index contributed by atoms with van der Waals surface area (Å²) in [6.45, 7) is 9.91. The Balaban J connectivity index is 1.37. The van der Waals surface area contributed by atoms with Crippen LogP contribution in [0.4, 0.5) is 23.1 Å². The lowest BCUT2D eigenvalue weighted by Gasteiger charge is -2.34. The van der Waals surface area contributed by atoms with E-state index in [9.17, 15) is 0 Å². The predicted molar refractivity (Wildman–Crippen MR) is 138 cm³/mol. The van der Waals surface area contributed by atoms with Crippen molar-refractivity contribution in [2.45, 2.75) is 26.2 Å². The van der Waals surface area contributed by atoms with Crippen LogP contribution < -0.4 is 15.1 Å². The van der Waals surface area contributed by atoms with E-state index in [1.165, 1.54) is 5.69 Å². The fourth-order valence-corrected chi connectivity index (χ4v) is 4.67. The first-order valence-corrected chi connectivity index (χ1v) is 12.4. The van der Waals surface area contributed by atoms with Gasteiger partial charge >= 0.3 is 0 Å². The number of hydrogen-bond donors (Lipinski definition) is 1. The Labute approximate surface area is 202 Å². The van der Waals surface area contributed by atoms with Gasteiger partial charge in [-0.2, -0.15) is 0 Å². The largest absolute Gasteiger partial charge is 0.381 e. The van der Waals surface area contributed by atoms with Crippen molar-refractivity contribution in [2.24, 2.45) is 0 Å². The maximum atomic E-state index is 5.70. The number of fused-ring (bicyclic) bond motifs is 1. The van der Waals surface area contributed by atoms with Gasteiger partial charge in [0.2, 0.25) is 5.95 Å². The van der Waals surface area contributed by atoms with E-state index in [0.29, 0.717) is 5.95 Å².